The highest BCUT2D eigenvalue weighted by Gasteiger charge is 2.07. The second-order valence-electron chi connectivity index (χ2n) is 4.54. The average molecular weight is 328 g/mol. The Morgan fingerprint density at radius 1 is 0.950 bits per heavy atom. The zero-order chi connectivity index (χ0) is 13.8. The van der Waals surface area contributed by atoms with Crippen LogP contribution in [0.2, 0.25) is 0 Å². The Hall–Kier alpha value is -1.87. The fourth-order valence-corrected chi connectivity index (χ4v) is 2.81. The zero-order valence-corrected chi connectivity index (χ0v) is 12.5. The van der Waals surface area contributed by atoms with Gasteiger partial charge in [-0.05, 0) is 34.5 Å². The molecule has 0 N–H and O–H groups in total. The molecule has 0 aliphatic carbocycles. The third-order valence-electron chi connectivity index (χ3n) is 3.27. The zero-order valence-electron chi connectivity index (χ0n) is 10.9. The molecule has 1 heterocycles. The Balaban J connectivity index is 1.91. The number of rotatable bonds is 4. The topological polar surface area (TPSA) is 22.1 Å². The molecule has 0 bridgehead atoms. The summed E-state index contributed by atoms with van der Waals surface area (Å²) in [4.78, 5) is 4.01. The summed E-state index contributed by atoms with van der Waals surface area (Å²) in [6, 6.07) is 16.4. The lowest BCUT2D eigenvalue weighted by molar-refractivity contribution is 0.304. The molecule has 2 aromatic carbocycles. The van der Waals surface area contributed by atoms with Crippen LogP contribution < -0.4 is 4.74 Å². The van der Waals surface area contributed by atoms with Gasteiger partial charge in [0.05, 0.1) is 0 Å². The summed E-state index contributed by atoms with van der Waals surface area (Å²) in [5, 5.41) is 3.25. The molecule has 0 unspecified atom stereocenters. The minimum absolute atomic E-state index is 0.556. The minimum Gasteiger partial charge on any atom is -0.489 e. The van der Waals surface area contributed by atoms with E-state index >= 15 is 0 Å². The van der Waals surface area contributed by atoms with Crippen LogP contribution in [-0.4, -0.2) is 4.98 Å². The summed E-state index contributed by atoms with van der Waals surface area (Å²) < 4.78 is 5.96. The summed E-state index contributed by atoms with van der Waals surface area (Å²) >= 11 is 3.57. The summed E-state index contributed by atoms with van der Waals surface area (Å²) in [6.07, 6.45) is 3.56. The van der Waals surface area contributed by atoms with Crippen molar-refractivity contribution < 1.29 is 4.74 Å². The molecule has 3 aromatic rings. The van der Waals surface area contributed by atoms with Crippen LogP contribution in [0.15, 0.2) is 60.9 Å². The van der Waals surface area contributed by atoms with Gasteiger partial charge in [0.25, 0.3) is 0 Å². The molecule has 0 spiro atoms. The first-order valence-corrected chi connectivity index (χ1v) is 7.59. The smallest absolute Gasteiger partial charge is 0.124 e. The summed E-state index contributed by atoms with van der Waals surface area (Å²) in [5.74, 6) is 0.928. The number of alkyl halides is 1. The van der Waals surface area contributed by atoms with Crippen LogP contribution in [-0.2, 0) is 11.9 Å². The lowest BCUT2D eigenvalue weighted by Crippen LogP contribution is -1.98. The summed E-state index contributed by atoms with van der Waals surface area (Å²) in [5.41, 5.74) is 2.31. The standard InChI is InChI=1S/C17H14BrNO/c18-11-16-15-4-2-1-3-14(15)5-6-17(16)20-12-13-7-9-19-10-8-13/h1-10H,11-12H2. The number of aromatic nitrogens is 1. The molecule has 0 radical (unpaired) electrons. The van der Waals surface area contributed by atoms with Gasteiger partial charge in [0.2, 0.25) is 0 Å². The van der Waals surface area contributed by atoms with Gasteiger partial charge in [0, 0.05) is 23.3 Å². The maximum absolute atomic E-state index is 5.96. The minimum atomic E-state index is 0.556. The normalized spacial score (nSPS) is 10.7. The number of nitrogens with zero attached hydrogens (tertiary/aromatic N) is 1. The molecule has 20 heavy (non-hydrogen) atoms. The molecular weight excluding hydrogens is 314 g/mol. The van der Waals surface area contributed by atoms with Gasteiger partial charge in [-0.1, -0.05) is 46.3 Å². The van der Waals surface area contributed by atoms with Crippen molar-refractivity contribution in [1.29, 1.82) is 0 Å². The first-order valence-electron chi connectivity index (χ1n) is 6.47. The number of hydrogen-bond acceptors (Lipinski definition) is 2. The van der Waals surface area contributed by atoms with Gasteiger partial charge >= 0.3 is 0 Å². The van der Waals surface area contributed by atoms with E-state index in [1.165, 1.54) is 16.3 Å². The van der Waals surface area contributed by atoms with Gasteiger partial charge in [-0.2, -0.15) is 0 Å². The van der Waals surface area contributed by atoms with Gasteiger partial charge in [-0.25, -0.2) is 0 Å². The Morgan fingerprint density at radius 2 is 1.75 bits per heavy atom. The Morgan fingerprint density at radius 3 is 2.55 bits per heavy atom. The Bertz CT molecular complexity index is 713. The molecule has 0 fully saturated rings. The SMILES string of the molecule is BrCc1c(OCc2ccncc2)ccc2ccccc12. The summed E-state index contributed by atoms with van der Waals surface area (Å²) in [7, 11) is 0. The highest BCUT2D eigenvalue weighted by molar-refractivity contribution is 9.08. The maximum Gasteiger partial charge on any atom is 0.124 e. The first kappa shape index (κ1) is 13.1. The van der Waals surface area contributed by atoms with Crippen molar-refractivity contribution in [2.75, 3.05) is 0 Å². The van der Waals surface area contributed by atoms with Gasteiger partial charge in [-0.3, -0.25) is 4.98 Å². The van der Waals surface area contributed by atoms with E-state index in [-0.39, 0.29) is 0 Å². The first-order chi connectivity index (χ1) is 9.88. The van der Waals surface area contributed by atoms with Crippen LogP contribution in [0.1, 0.15) is 11.1 Å². The number of ether oxygens (including phenoxy) is 1. The second kappa shape index (κ2) is 6.06. The maximum atomic E-state index is 5.96. The van der Waals surface area contributed by atoms with Crippen LogP contribution in [0, 0.1) is 0 Å². The molecule has 100 valence electrons. The lowest BCUT2D eigenvalue weighted by Gasteiger charge is -2.12. The Labute approximate surface area is 126 Å². The lowest BCUT2D eigenvalue weighted by atomic mass is 10.0. The van der Waals surface area contributed by atoms with E-state index in [1.54, 1.807) is 12.4 Å². The van der Waals surface area contributed by atoms with Crippen molar-refractivity contribution in [1.82, 2.24) is 4.98 Å². The third kappa shape index (κ3) is 2.68. The van der Waals surface area contributed by atoms with E-state index in [2.05, 4.69) is 51.2 Å². The van der Waals surface area contributed by atoms with Crippen molar-refractivity contribution >= 4 is 26.7 Å². The van der Waals surface area contributed by atoms with Crippen molar-refractivity contribution in [3.63, 3.8) is 0 Å². The Kier molecular flexibility index (Phi) is 3.97. The van der Waals surface area contributed by atoms with E-state index in [0.29, 0.717) is 6.61 Å². The van der Waals surface area contributed by atoms with Gasteiger partial charge < -0.3 is 4.74 Å². The van der Waals surface area contributed by atoms with Gasteiger partial charge in [0.15, 0.2) is 0 Å². The number of benzene rings is 2. The van der Waals surface area contributed by atoms with Crippen LogP contribution in [0.3, 0.4) is 0 Å². The van der Waals surface area contributed by atoms with Crippen LogP contribution in [0.25, 0.3) is 10.8 Å². The fourth-order valence-electron chi connectivity index (χ4n) is 2.23. The molecule has 3 heteroatoms. The molecular formula is C17H14BrNO. The predicted molar refractivity (Wildman–Crippen MR) is 85.1 cm³/mol. The largest absolute Gasteiger partial charge is 0.489 e. The van der Waals surface area contributed by atoms with Gasteiger partial charge in [-0.15, -0.1) is 0 Å². The predicted octanol–water partition coefficient (Wildman–Crippen LogP) is 4.71. The van der Waals surface area contributed by atoms with Crippen molar-refractivity contribution in [2.24, 2.45) is 0 Å². The van der Waals surface area contributed by atoms with Crippen LogP contribution in [0.4, 0.5) is 0 Å². The van der Waals surface area contributed by atoms with Crippen molar-refractivity contribution in [3.8, 4) is 5.75 Å². The molecule has 0 saturated heterocycles. The molecule has 0 saturated carbocycles. The molecule has 0 amide bonds. The van der Waals surface area contributed by atoms with Gasteiger partial charge in [0.1, 0.15) is 12.4 Å². The van der Waals surface area contributed by atoms with E-state index in [1.807, 2.05) is 18.2 Å². The average Bonchev–Trinajstić information content (AvgIpc) is 2.53. The molecule has 1 aromatic heterocycles. The third-order valence-corrected chi connectivity index (χ3v) is 3.84. The molecule has 0 atom stereocenters. The second-order valence-corrected chi connectivity index (χ2v) is 5.10. The quantitative estimate of drug-likeness (QED) is 0.647. The molecule has 0 aliphatic rings. The number of pyridine rings is 1. The van der Waals surface area contributed by atoms with Crippen LogP contribution in [0.5, 0.6) is 5.75 Å². The highest BCUT2D eigenvalue weighted by Crippen LogP contribution is 2.30. The molecule has 0 aliphatic heterocycles. The molecule has 2 nitrogen and oxygen atoms in total. The van der Waals surface area contributed by atoms with Crippen LogP contribution >= 0.6 is 15.9 Å². The number of fused-ring (bicyclic) bond motifs is 1. The number of halogens is 1. The monoisotopic (exact) mass is 327 g/mol. The van der Waals surface area contributed by atoms with E-state index in [4.69, 9.17) is 4.74 Å². The molecule has 3 rings (SSSR count). The van der Waals surface area contributed by atoms with Crippen molar-refractivity contribution in [3.05, 3.63) is 72.1 Å². The van der Waals surface area contributed by atoms with E-state index < -0.39 is 0 Å². The van der Waals surface area contributed by atoms with E-state index in [0.717, 1.165) is 16.6 Å². The highest BCUT2D eigenvalue weighted by atomic mass is 79.9. The summed E-state index contributed by atoms with van der Waals surface area (Å²) in [6.45, 7) is 0.556. The fraction of sp³-hybridized carbons (Fsp3) is 0.118. The van der Waals surface area contributed by atoms with E-state index in [9.17, 15) is 0 Å². The number of hydrogen-bond donors (Lipinski definition) is 0. The van der Waals surface area contributed by atoms with Crippen molar-refractivity contribution in [2.45, 2.75) is 11.9 Å².